The summed E-state index contributed by atoms with van der Waals surface area (Å²) in [6.07, 6.45) is 7.32. The van der Waals surface area contributed by atoms with E-state index in [4.69, 9.17) is 24.3 Å². The molecule has 452 valence electrons. The number of nitriles is 2. The van der Waals surface area contributed by atoms with Crippen LogP contribution in [0.3, 0.4) is 0 Å². The Morgan fingerprint density at radius 3 is 1.36 bits per heavy atom. The monoisotopic (exact) mass is 1550 g/mol. The van der Waals surface area contributed by atoms with Crippen molar-refractivity contribution in [3.63, 3.8) is 0 Å². The molecule has 0 fully saturated rings. The molecule has 20 heteroatoms. The van der Waals surface area contributed by atoms with Crippen molar-refractivity contribution in [3.05, 3.63) is 248 Å². The topological polar surface area (TPSA) is 229 Å². The Morgan fingerprint density at radius 1 is 0.540 bits per heavy atom. The minimum absolute atomic E-state index is 0. The number of alkyl halides is 3. The van der Waals surface area contributed by atoms with Crippen molar-refractivity contribution >= 4 is 54.0 Å². The average molecular weight is 1550 g/mol. The van der Waals surface area contributed by atoms with Crippen LogP contribution in [0.15, 0.2) is 197 Å². The van der Waals surface area contributed by atoms with Crippen LogP contribution in [0.5, 0.6) is 0 Å². The average Bonchev–Trinajstić information content (AvgIpc) is 1.76. The van der Waals surface area contributed by atoms with Gasteiger partial charge in [-0.1, -0.05) is 88.8 Å². The zero-order valence-electron chi connectivity index (χ0n) is 47.9. The second-order valence-corrected chi connectivity index (χ2v) is 19.2. The zero-order valence-corrected chi connectivity index (χ0v) is 53.5. The quantitative estimate of drug-likeness (QED) is 0.0630. The van der Waals surface area contributed by atoms with Gasteiger partial charge in [-0.25, -0.2) is 5.26 Å². The normalized spacial score (nSPS) is 10.2. The number of aliphatic hydroxyl groups excluding tert-OH is 2. The molecule has 0 aliphatic heterocycles. The Kier molecular flexibility index (Phi) is 29.3. The predicted molar refractivity (Wildman–Crippen MR) is 324 cm³/mol. The first-order chi connectivity index (χ1) is 40.5. The molecule has 14 nitrogen and oxygen atoms in total. The van der Waals surface area contributed by atoms with Gasteiger partial charge in [-0.15, -0.1) is 94.3 Å². The Labute approximate surface area is 530 Å². The number of para-hydroxylation sites is 3. The van der Waals surface area contributed by atoms with Gasteiger partial charge in [0.1, 0.15) is 23.3 Å². The molecule has 6 aromatic heterocycles. The first-order valence-electron chi connectivity index (χ1n) is 25.5. The maximum absolute atomic E-state index is 11.0. The van der Waals surface area contributed by atoms with Crippen molar-refractivity contribution in [3.8, 4) is 57.2 Å². The Bertz CT molecular complexity index is 4050. The molecular formula is C67H57F3Ir2N6O8S-4. The molecule has 87 heavy (non-hydrogen) atoms. The molecule has 0 aliphatic rings. The molecule has 6 aromatic carbocycles. The number of aliphatic hydroxyl groups is 2. The molecule has 0 aliphatic carbocycles. The molecule has 2 radical (unpaired) electrons. The van der Waals surface area contributed by atoms with Crippen molar-refractivity contribution < 1.29 is 90.4 Å². The SMILES string of the molecule is CCO.CO.Cc1cnc(-c2[c-]cccc2)cc1C.Cc1cnc(-c2[c-]cccc2)cc1C.N#Cc1cccc2c1oc1c(-c3ccccn3)[c-]ccc12.N#Cc1cccc2c1oc1c(-c3ccccn3)cccc12.O=S(=O)(OO)C(F)(F)F.[CH3-].[Ir].[Ir]. The number of hydrogen-bond acceptors (Lipinski definition) is 14. The maximum Gasteiger partial charge on any atom is 0.525 e. The van der Waals surface area contributed by atoms with E-state index in [1.165, 1.54) is 22.3 Å². The van der Waals surface area contributed by atoms with E-state index in [0.717, 1.165) is 79.3 Å². The van der Waals surface area contributed by atoms with E-state index in [1.807, 2.05) is 152 Å². The van der Waals surface area contributed by atoms with Crippen LogP contribution in [0.4, 0.5) is 13.2 Å². The number of aromatic nitrogens is 4. The second kappa shape index (κ2) is 35.1. The van der Waals surface area contributed by atoms with Gasteiger partial charge in [-0.05, 0) is 99.2 Å². The Morgan fingerprint density at radius 2 is 0.966 bits per heavy atom. The molecule has 0 amide bonds. The largest absolute Gasteiger partial charge is 0.525 e. The first-order valence-corrected chi connectivity index (χ1v) is 26.9. The molecular weight excluding hydrogens is 1490 g/mol. The summed E-state index contributed by atoms with van der Waals surface area (Å²) in [5.41, 5.74) is 10.8. The van der Waals surface area contributed by atoms with Gasteiger partial charge in [0.25, 0.3) is 0 Å². The third-order valence-corrected chi connectivity index (χ3v) is 12.9. The van der Waals surface area contributed by atoms with E-state index in [-0.39, 0.29) is 54.2 Å². The van der Waals surface area contributed by atoms with Gasteiger partial charge in [0, 0.05) is 100 Å². The molecule has 12 rings (SSSR count). The fraction of sp³-hybridized carbons (Fsp3) is 0.119. The third-order valence-electron chi connectivity index (χ3n) is 12.2. The number of rotatable bonds is 5. The predicted octanol–water partition coefficient (Wildman–Crippen LogP) is 15.5. The number of aryl methyl sites for hydroxylation is 4. The summed E-state index contributed by atoms with van der Waals surface area (Å²) in [5, 5.41) is 44.0. The number of halogens is 3. The van der Waals surface area contributed by atoms with Crippen molar-refractivity contribution in [1.82, 2.24) is 19.9 Å². The van der Waals surface area contributed by atoms with Crippen LogP contribution in [-0.2, 0) is 54.7 Å². The van der Waals surface area contributed by atoms with Gasteiger partial charge in [0.05, 0.1) is 22.4 Å². The minimum Gasteiger partial charge on any atom is -0.499 e. The molecule has 0 spiro atoms. The standard InChI is InChI=1S/C18H10N2O.C18H9N2O.2C13H12N.C2H6O.CHF3O4S.CH4O.CH3.2Ir/c2*19-11-12-5-3-6-13-14-7-4-8-15(18(14)21-17(12)13)16-9-1-2-10-20-16;2*1-10-8-13(14-9-11(10)2)12-6-4-3-5-7-12;1-2-3;2-1(3,4)9(6,7)8-5;1-2;;;/h1-10H;1-7,9-10H;2*3-6,8-9H,1-2H3;3H,2H2,1H3;5H;2H,1H3;1H3;;/q;3*-1;;;;-1;;. The molecule has 6 heterocycles. The summed E-state index contributed by atoms with van der Waals surface area (Å²) in [4.78, 5) is 17.5. The fourth-order valence-electron chi connectivity index (χ4n) is 7.88. The number of fused-ring (bicyclic) bond motifs is 6. The van der Waals surface area contributed by atoms with Crippen LogP contribution < -0.4 is 0 Å². The third kappa shape index (κ3) is 18.7. The van der Waals surface area contributed by atoms with Crippen molar-refractivity contribution in [2.24, 2.45) is 0 Å². The van der Waals surface area contributed by atoms with Gasteiger partial charge in [-0.3, -0.25) is 4.98 Å². The van der Waals surface area contributed by atoms with Crippen molar-refractivity contribution in [2.45, 2.75) is 40.1 Å². The van der Waals surface area contributed by atoms with Gasteiger partial charge in [-0.2, -0.15) is 32.1 Å². The summed E-state index contributed by atoms with van der Waals surface area (Å²) in [6.45, 7) is 10.3. The number of nitrogens with zero attached hydrogens (tertiary/aromatic N) is 6. The number of furan rings is 2. The van der Waals surface area contributed by atoms with Gasteiger partial charge < -0.3 is 41.4 Å². The number of pyridine rings is 4. The summed E-state index contributed by atoms with van der Waals surface area (Å²) < 4.78 is 65.8. The van der Waals surface area contributed by atoms with Gasteiger partial charge >= 0.3 is 15.6 Å². The van der Waals surface area contributed by atoms with E-state index in [0.29, 0.717) is 27.9 Å². The van der Waals surface area contributed by atoms with Crippen LogP contribution in [-0.4, -0.2) is 63.0 Å². The van der Waals surface area contributed by atoms with E-state index in [9.17, 15) is 32.1 Å². The summed E-state index contributed by atoms with van der Waals surface area (Å²) >= 11 is 0. The second-order valence-electron chi connectivity index (χ2n) is 17.7. The van der Waals surface area contributed by atoms with Gasteiger partial charge in [0.15, 0.2) is 5.58 Å². The summed E-state index contributed by atoms with van der Waals surface area (Å²) in [7, 11) is -4.78. The smallest absolute Gasteiger partial charge is 0.499 e. The van der Waals surface area contributed by atoms with E-state index >= 15 is 0 Å². The molecule has 0 saturated heterocycles. The van der Waals surface area contributed by atoms with Crippen molar-refractivity contribution in [2.75, 3.05) is 13.7 Å². The van der Waals surface area contributed by atoms with E-state index in [1.54, 1.807) is 31.5 Å². The molecule has 0 bridgehead atoms. The molecule has 0 atom stereocenters. The first kappa shape index (κ1) is 72.6. The Hall–Kier alpha value is -8.62. The van der Waals surface area contributed by atoms with Gasteiger partial charge in [0.2, 0.25) is 0 Å². The Balaban J connectivity index is 0.000000284. The number of hydrogen-bond donors (Lipinski definition) is 3. The zero-order chi connectivity index (χ0) is 60.8. The van der Waals surface area contributed by atoms with E-state index < -0.39 is 15.6 Å². The fourth-order valence-corrected chi connectivity index (χ4v) is 7.96. The molecule has 0 unspecified atom stereocenters. The van der Waals surface area contributed by atoms with Crippen molar-refractivity contribution in [1.29, 1.82) is 10.5 Å². The molecule has 3 N–H and O–H groups in total. The van der Waals surface area contributed by atoms with Crippen LogP contribution in [0, 0.1) is 76.0 Å². The summed E-state index contributed by atoms with van der Waals surface area (Å²) in [6, 6.07) is 66.4. The maximum atomic E-state index is 11.0. The minimum atomic E-state index is -5.78. The van der Waals surface area contributed by atoms with Crippen LogP contribution >= 0.6 is 0 Å². The molecule has 0 saturated carbocycles. The van der Waals surface area contributed by atoms with Crippen LogP contribution in [0.1, 0.15) is 40.3 Å². The molecule has 12 aromatic rings. The van der Waals surface area contributed by atoms with E-state index in [2.05, 4.69) is 94.4 Å². The van der Waals surface area contributed by atoms with Crippen LogP contribution in [0.25, 0.3) is 88.9 Å². The number of benzene rings is 6. The summed E-state index contributed by atoms with van der Waals surface area (Å²) in [5.74, 6) is 0. The van der Waals surface area contributed by atoms with Crippen LogP contribution in [0.2, 0.25) is 0 Å².